The Balaban J connectivity index is 2.27. The molecule has 0 spiro atoms. The Hall–Kier alpha value is -1.38. The molecule has 2 N–H and O–H groups in total. The number of nitrogen functional groups attached to an aromatic ring is 1. The summed E-state index contributed by atoms with van der Waals surface area (Å²) in [7, 11) is 1.66. The van der Waals surface area contributed by atoms with Gasteiger partial charge in [-0.1, -0.05) is 6.07 Å². The number of methoxy groups -OCH3 is 1. The molecule has 1 aliphatic rings. The Morgan fingerprint density at radius 1 is 1.41 bits per heavy atom. The van der Waals surface area contributed by atoms with Gasteiger partial charge in [-0.25, -0.2) is 0 Å². The van der Waals surface area contributed by atoms with Crippen molar-refractivity contribution in [3.8, 4) is 5.75 Å². The molecule has 2 rings (SSSR count). The molecule has 0 atom stereocenters. The Bertz CT molecular complexity index is 386. The van der Waals surface area contributed by atoms with Gasteiger partial charge in [-0.3, -0.25) is 0 Å². The summed E-state index contributed by atoms with van der Waals surface area (Å²) < 4.78 is 5.28. The monoisotopic (exact) mass is 234 g/mol. The fourth-order valence-corrected chi connectivity index (χ4v) is 2.13. The molecule has 3 heteroatoms. The summed E-state index contributed by atoms with van der Waals surface area (Å²) in [5, 5.41) is 0. The molecule has 0 saturated heterocycles. The minimum atomic E-state index is 0.463. The van der Waals surface area contributed by atoms with E-state index >= 15 is 0 Å². The van der Waals surface area contributed by atoms with Crippen LogP contribution >= 0.6 is 0 Å². The molecule has 1 aliphatic carbocycles. The zero-order valence-electron chi connectivity index (χ0n) is 10.9. The van der Waals surface area contributed by atoms with Crippen molar-refractivity contribution >= 4 is 11.4 Å². The number of hydrogen-bond acceptors (Lipinski definition) is 3. The van der Waals surface area contributed by atoms with E-state index in [1.807, 2.05) is 12.1 Å². The predicted molar refractivity (Wildman–Crippen MR) is 72.6 cm³/mol. The van der Waals surface area contributed by atoms with E-state index in [9.17, 15) is 0 Å². The van der Waals surface area contributed by atoms with Crippen LogP contribution in [0.15, 0.2) is 18.2 Å². The Morgan fingerprint density at radius 2 is 2.12 bits per heavy atom. The van der Waals surface area contributed by atoms with Crippen LogP contribution in [0.5, 0.6) is 5.75 Å². The Labute approximate surface area is 104 Å². The highest BCUT2D eigenvalue weighted by atomic mass is 16.5. The van der Waals surface area contributed by atoms with Crippen LogP contribution in [-0.2, 0) is 0 Å². The SMILES string of the molecule is COc1cccc(N(CC2CC2)C(C)C)c1N. The van der Waals surface area contributed by atoms with Crippen LogP contribution in [0.3, 0.4) is 0 Å². The van der Waals surface area contributed by atoms with Crippen LogP contribution in [0, 0.1) is 5.92 Å². The van der Waals surface area contributed by atoms with E-state index in [-0.39, 0.29) is 0 Å². The summed E-state index contributed by atoms with van der Waals surface area (Å²) in [5.74, 6) is 1.62. The molecule has 0 heterocycles. The lowest BCUT2D eigenvalue weighted by molar-refractivity contribution is 0.417. The summed E-state index contributed by atoms with van der Waals surface area (Å²) in [4.78, 5) is 2.38. The van der Waals surface area contributed by atoms with Crippen molar-refractivity contribution in [2.45, 2.75) is 32.7 Å². The van der Waals surface area contributed by atoms with E-state index in [4.69, 9.17) is 10.5 Å². The summed E-state index contributed by atoms with van der Waals surface area (Å²) in [6, 6.07) is 6.46. The lowest BCUT2D eigenvalue weighted by atomic mass is 10.1. The van der Waals surface area contributed by atoms with E-state index < -0.39 is 0 Å². The van der Waals surface area contributed by atoms with Crippen molar-refractivity contribution in [2.75, 3.05) is 24.3 Å². The van der Waals surface area contributed by atoms with Gasteiger partial charge in [0.2, 0.25) is 0 Å². The van der Waals surface area contributed by atoms with Gasteiger partial charge in [-0.2, -0.15) is 0 Å². The minimum Gasteiger partial charge on any atom is -0.495 e. The predicted octanol–water partition coefficient (Wildman–Crippen LogP) is 2.90. The first-order valence-corrected chi connectivity index (χ1v) is 6.32. The zero-order valence-corrected chi connectivity index (χ0v) is 10.9. The van der Waals surface area contributed by atoms with Gasteiger partial charge in [0.25, 0.3) is 0 Å². The molecule has 94 valence electrons. The fraction of sp³-hybridized carbons (Fsp3) is 0.571. The van der Waals surface area contributed by atoms with Crippen LogP contribution in [-0.4, -0.2) is 19.7 Å². The van der Waals surface area contributed by atoms with Gasteiger partial charge in [-0.05, 0) is 44.7 Å². The van der Waals surface area contributed by atoms with Crippen LogP contribution in [0.25, 0.3) is 0 Å². The average Bonchev–Trinajstić information content (AvgIpc) is 3.10. The molecule has 1 aromatic carbocycles. The normalized spacial score (nSPS) is 15.1. The number of rotatable bonds is 5. The summed E-state index contributed by atoms with van der Waals surface area (Å²) in [6.07, 6.45) is 2.71. The van der Waals surface area contributed by atoms with Crippen molar-refractivity contribution in [1.82, 2.24) is 0 Å². The molecular weight excluding hydrogens is 212 g/mol. The maximum Gasteiger partial charge on any atom is 0.143 e. The number of ether oxygens (including phenoxy) is 1. The van der Waals surface area contributed by atoms with Crippen molar-refractivity contribution in [1.29, 1.82) is 0 Å². The Morgan fingerprint density at radius 3 is 2.65 bits per heavy atom. The molecule has 0 aromatic heterocycles. The van der Waals surface area contributed by atoms with Crippen molar-refractivity contribution in [3.63, 3.8) is 0 Å². The molecule has 0 amide bonds. The third kappa shape index (κ3) is 2.65. The average molecular weight is 234 g/mol. The highest BCUT2D eigenvalue weighted by Crippen LogP contribution is 2.37. The van der Waals surface area contributed by atoms with E-state index in [2.05, 4.69) is 24.8 Å². The third-order valence-electron chi connectivity index (χ3n) is 3.35. The molecule has 0 radical (unpaired) electrons. The van der Waals surface area contributed by atoms with E-state index in [1.54, 1.807) is 7.11 Å². The number of benzene rings is 1. The second-order valence-electron chi connectivity index (χ2n) is 5.08. The molecule has 0 bridgehead atoms. The first-order chi connectivity index (χ1) is 8.13. The van der Waals surface area contributed by atoms with Crippen LogP contribution in [0.1, 0.15) is 26.7 Å². The fourth-order valence-electron chi connectivity index (χ4n) is 2.13. The molecule has 1 fully saturated rings. The molecule has 0 aliphatic heterocycles. The molecule has 1 saturated carbocycles. The first-order valence-electron chi connectivity index (χ1n) is 6.32. The quantitative estimate of drug-likeness (QED) is 0.796. The van der Waals surface area contributed by atoms with Gasteiger partial charge in [0, 0.05) is 12.6 Å². The van der Waals surface area contributed by atoms with Gasteiger partial charge in [0.05, 0.1) is 18.5 Å². The molecule has 1 aromatic rings. The second kappa shape index (κ2) is 4.86. The van der Waals surface area contributed by atoms with E-state index in [1.165, 1.54) is 12.8 Å². The van der Waals surface area contributed by atoms with Crippen molar-refractivity contribution in [2.24, 2.45) is 5.92 Å². The summed E-state index contributed by atoms with van der Waals surface area (Å²) in [5.41, 5.74) is 8.02. The van der Waals surface area contributed by atoms with Crippen LogP contribution in [0.2, 0.25) is 0 Å². The third-order valence-corrected chi connectivity index (χ3v) is 3.35. The van der Waals surface area contributed by atoms with Crippen molar-refractivity contribution in [3.05, 3.63) is 18.2 Å². The van der Waals surface area contributed by atoms with Gasteiger partial charge in [0.1, 0.15) is 5.75 Å². The minimum absolute atomic E-state index is 0.463. The standard InChI is InChI=1S/C14H22N2O/c1-10(2)16(9-11-7-8-11)12-5-4-6-13(17-3)14(12)15/h4-6,10-11H,7-9,15H2,1-3H3. The molecule has 0 unspecified atom stereocenters. The molecule has 17 heavy (non-hydrogen) atoms. The van der Waals surface area contributed by atoms with Crippen molar-refractivity contribution < 1.29 is 4.74 Å². The van der Waals surface area contributed by atoms with Crippen LogP contribution < -0.4 is 15.4 Å². The van der Waals surface area contributed by atoms with Crippen LogP contribution in [0.4, 0.5) is 11.4 Å². The number of nitrogens with zero attached hydrogens (tertiary/aromatic N) is 1. The lowest BCUT2D eigenvalue weighted by Gasteiger charge is -2.30. The largest absolute Gasteiger partial charge is 0.495 e. The topological polar surface area (TPSA) is 38.5 Å². The first kappa shape index (κ1) is 12.1. The van der Waals surface area contributed by atoms with Gasteiger partial charge in [0.15, 0.2) is 0 Å². The highest BCUT2D eigenvalue weighted by molar-refractivity contribution is 5.74. The van der Waals surface area contributed by atoms with E-state index in [0.29, 0.717) is 6.04 Å². The second-order valence-corrected chi connectivity index (χ2v) is 5.08. The molecule has 3 nitrogen and oxygen atoms in total. The summed E-state index contributed by atoms with van der Waals surface area (Å²) >= 11 is 0. The number of hydrogen-bond donors (Lipinski definition) is 1. The van der Waals surface area contributed by atoms with Gasteiger partial charge >= 0.3 is 0 Å². The molecular formula is C14H22N2O. The summed E-state index contributed by atoms with van der Waals surface area (Å²) in [6.45, 7) is 5.53. The number of para-hydroxylation sites is 1. The van der Waals surface area contributed by atoms with Gasteiger partial charge < -0.3 is 15.4 Å². The Kier molecular flexibility index (Phi) is 3.46. The smallest absolute Gasteiger partial charge is 0.143 e. The zero-order chi connectivity index (χ0) is 12.4. The number of nitrogens with two attached hydrogens (primary N) is 1. The van der Waals surface area contributed by atoms with E-state index in [0.717, 1.165) is 29.6 Å². The number of anilines is 2. The maximum atomic E-state index is 6.16. The maximum absolute atomic E-state index is 6.16. The lowest BCUT2D eigenvalue weighted by Crippen LogP contribution is -2.33. The highest BCUT2D eigenvalue weighted by Gasteiger charge is 2.26. The van der Waals surface area contributed by atoms with Gasteiger partial charge in [-0.15, -0.1) is 0 Å².